The van der Waals surface area contributed by atoms with E-state index in [4.69, 9.17) is 4.74 Å². The smallest absolute Gasteiger partial charge is 0.130 e. The summed E-state index contributed by atoms with van der Waals surface area (Å²) in [5, 5.41) is 0. The Balaban J connectivity index is 2.78. The van der Waals surface area contributed by atoms with Crippen LogP contribution < -0.4 is 0 Å². The molecule has 0 amide bonds. The lowest BCUT2D eigenvalue weighted by molar-refractivity contribution is 0.238. The number of halogens is 1. The van der Waals surface area contributed by atoms with Gasteiger partial charge in [0.05, 0.1) is 12.9 Å². The van der Waals surface area contributed by atoms with E-state index >= 15 is 0 Å². The molecular weight excluding hydrogens is 339 g/mol. The van der Waals surface area contributed by atoms with Crippen LogP contribution in [0.4, 0.5) is 0 Å². The van der Waals surface area contributed by atoms with Crippen molar-refractivity contribution < 1.29 is 4.74 Å². The fourth-order valence-corrected chi connectivity index (χ4v) is 3.08. The van der Waals surface area contributed by atoms with E-state index in [9.17, 15) is 0 Å². The van der Waals surface area contributed by atoms with Gasteiger partial charge in [-0.2, -0.15) is 0 Å². The van der Waals surface area contributed by atoms with Crippen LogP contribution in [0, 0.1) is 5.92 Å². The molecule has 1 aliphatic rings. The minimum atomic E-state index is 0.865. The van der Waals surface area contributed by atoms with Gasteiger partial charge in [-0.15, -0.1) is 0 Å². The van der Waals surface area contributed by atoms with E-state index in [1.165, 1.54) is 17.3 Å². The topological polar surface area (TPSA) is 24.8 Å². The third-order valence-corrected chi connectivity index (χ3v) is 4.62. The van der Waals surface area contributed by atoms with Crippen LogP contribution >= 0.6 is 22.6 Å². The number of rotatable bonds is 5. The molecule has 0 spiro atoms. The predicted molar refractivity (Wildman–Crippen MR) is 86.2 cm³/mol. The normalized spacial score (nSPS) is 19.6. The molecule has 4 heteroatoms. The van der Waals surface area contributed by atoms with E-state index in [1.54, 1.807) is 7.11 Å². The summed E-state index contributed by atoms with van der Waals surface area (Å²) in [5.74, 6) is 2.76. The van der Waals surface area contributed by atoms with Gasteiger partial charge in [-0.1, -0.05) is 22.6 Å². The molecule has 1 heterocycles. The maximum Gasteiger partial charge on any atom is 0.130 e. The highest BCUT2D eigenvalue weighted by molar-refractivity contribution is 14.1. The number of hydrogen-bond acceptors (Lipinski definition) is 3. The molecular formula is C14H23IN2O. The summed E-state index contributed by atoms with van der Waals surface area (Å²) in [5.41, 5.74) is 1.12. The Labute approximate surface area is 124 Å². The Morgan fingerprint density at radius 2 is 2.06 bits per heavy atom. The summed E-state index contributed by atoms with van der Waals surface area (Å²) >= 11 is 2.48. The van der Waals surface area contributed by atoms with Crippen molar-refractivity contribution in [3.8, 4) is 0 Å². The molecule has 0 unspecified atom stereocenters. The summed E-state index contributed by atoms with van der Waals surface area (Å²) in [7, 11) is 1.69. The number of hydrogen-bond donors (Lipinski definition) is 0. The van der Waals surface area contributed by atoms with Gasteiger partial charge in [0, 0.05) is 17.5 Å². The maximum atomic E-state index is 5.18. The van der Waals surface area contributed by atoms with E-state index in [0.29, 0.717) is 0 Å². The zero-order valence-electron chi connectivity index (χ0n) is 11.6. The Bertz CT molecular complexity index is 342. The Morgan fingerprint density at radius 1 is 1.44 bits per heavy atom. The lowest BCUT2D eigenvalue weighted by atomic mass is 9.99. The van der Waals surface area contributed by atoms with Crippen molar-refractivity contribution in [2.75, 3.05) is 24.6 Å². The van der Waals surface area contributed by atoms with E-state index < -0.39 is 0 Å². The van der Waals surface area contributed by atoms with Gasteiger partial charge in [-0.05, 0) is 51.0 Å². The third-order valence-electron chi connectivity index (χ3n) is 3.38. The molecule has 0 saturated carbocycles. The number of piperidine rings is 1. The molecule has 1 saturated heterocycles. The molecule has 0 aromatic rings. The van der Waals surface area contributed by atoms with Crippen molar-refractivity contribution >= 4 is 29.3 Å². The molecule has 0 aromatic heterocycles. The number of likely N-dealkylation sites (tertiary alicyclic amines) is 1. The van der Waals surface area contributed by atoms with E-state index in [1.807, 2.05) is 13.0 Å². The van der Waals surface area contributed by atoms with Gasteiger partial charge < -0.3 is 9.64 Å². The Morgan fingerprint density at radius 3 is 2.50 bits per heavy atom. The average molecular weight is 362 g/mol. The van der Waals surface area contributed by atoms with Gasteiger partial charge in [0.1, 0.15) is 5.82 Å². The molecule has 0 atom stereocenters. The first-order valence-electron chi connectivity index (χ1n) is 6.33. The molecule has 0 aliphatic carbocycles. The predicted octanol–water partition coefficient (Wildman–Crippen LogP) is 3.62. The number of nitrogens with zero attached hydrogens (tertiary/aromatic N) is 2. The van der Waals surface area contributed by atoms with Crippen LogP contribution in [0.15, 0.2) is 28.2 Å². The average Bonchev–Trinajstić information content (AvgIpc) is 2.40. The zero-order valence-corrected chi connectivity index (χ0v) is 13.7. The van der Waals surface area contributed by atoms with E-state index in [-0.39, 0.29) is 0 Å². The summed E-state index contributed by atoms with van der Waals surface area (Å²) in [6, 6.07) is 0. The molecule has 0 radical (unpaired) electrons. The van der Waals surface area contributed by atoms with Gasteiger partial charge in [0.15, 0.2) is 0 Å². The second-order valence-corrected chi connectivity index (χ2v) is 5.59. The van der Waals surface area contributed by atoms with Crippen LogP contribution in [-0.2, 0) is 4.74 Å². The van der Waals surface area contributed by atoms with Crippen LogP contribution in [0.1, 0.15) is 26.7 Å². The van der Waals surface area contributed by atoms with Gasteiger partial charge in [0.25, 0.3) is 0 Å². The van der Waals surface area contributed by atoms with Crippen LogP contribution in [0.2, 0.25) is 0 Å². The van der Waals surface area contributed by atoms with Gasteiger partial charge in [-0.25, -0.2) is 4.99 Å². The fourth-order valence-electron chi connectivity index (χ4n) is 2.20. The Kier molecular flexibility index (Phi) is 6.75. The minimum Gasteiger partial charge on any atom is -0.501 e. The number of alkyl halides is 1. The largest absolute Gasteiger partial charge is 0.501 e. The zero-order chi connectivity index (χ0) is 13.5. The second-order valence-electron chi connectivity index (χ2n) is 4.71. The summed E-state index contributed by atoms with van der Waals surface area (Å²) in [6.07, 6.45) is 4.53. The molecule has 3 nitrogen and oxygen atoms in total. The van der Waals surface area contributed by atoms with E-state index in [2.05, 4.69) is 46.1 Å². The molecule has 1 fully saturated rings. The summed E-state index contributed by atoms with van der Waals surface area (Å²) in [4.78, 5) is 6.54. The fraction of sp³-hybridized carbons (Fsp3) is 0.643. The first kappa shape index (κ1) is 15.5. The highest BCUT2D eigenvalue weighted by Gasteiger charge is 2.20. The minimum absolute atomic E-state index is 0.865. The van der Waals surface area contributed by atoms with Crippen LogP contribution in [0.25, 0.3) is 0 Å². The molecule has 18 heavy (non-hydrogen) atoms. The SMILES string of the molecule is C=N/C(=C(C)/C=C(\C)OC)N1CCC(CI)CC1. The number of allylic oxidation sites excluding steroid dienone is 3. The van der Waals surface area contributed by atoms with Gasteiger partial charge in [0.2, 0.25) is 0 Å². The van der Waals surface area contributed by atoms with Crippen molar-refractivity contribution in [1.82, 2.24) is 4.90 Å². The monoisotopic (exact) mass is 362 g/mol. The summed E-state index contributed by atoms with van der Waals surface area (Å²) in [6.45, 7) is 9.89. The van der Waals surface area contributed by atoms with Crippen molar-refractivity contribution in [1.29, 1.82) is 0 Å². The van der Waals surface area contributed by atoms with E-state index in [0.717, 1.165) is 36.2 Å². The molecule has 0 N–H and O–H groups in total. The lowest BCUT2D eigenvalue weighted by Crippen LogP contribution is -2.33. The number of methoxy groups -OCH3 is 1. The van der Waals surface area contributed by atoms with Crippen molar-refractivity contribution in [3.63, 3.8) is 0 Å². The standard InChI is InChI=1S/C14H23IN2O/c1-11(9-12(2)18-4)14(16-3)17-7-5-13(10-15)6-8-17/h9,13H,3,5-8,10H2,1-2,4H3/b12-9+,14-11-. The van der Waals surface area contributed by atoms with Crippen LogP contribution in [0.5, 0.6) is 0 Å². The molecule has 0 bridgehead atoms. The number of aliphatic imine (C=N–C) groups is 1. The lowest BCUT2D eigenvalue weighted by Gasteiger charge is -2.33. The van der Waals surface area contributed by atoms with Crippen molar-refractivity contribution in [2.24, 2.45) is 10.9 Å². The first-order chi connectivity index (χ1) is 8.62. The highest BCUT2D eigenvalue weighted by Crippen LogP contribution is 2.24. The first-order valence-corrected chi connectivity index (χ1v) is 7.85. The van der Waals surface area contributed by atoms with Crippen LogP contribution in [0.3, 0.4) is 0 Å². The van der Waals surface area contributed by atoms with Gasteiger partial charge in [-0.3, -0.25) is 0 Å². The Hall–Kier alpha value is -0.520. The molecule has 0 aromatic carbocycles. The summed E-state index contributed by atoms with van der Waals surface area (Å²) < 4.78 is 6.44. The number of ether oxygens (including phenoxy) is 1. The van der Waals surface area contributed by atoms with Gasteiger partial charge >= 0.3 is 0 Å². The highest BCUT2D eigenvalue weighted by atomic mass is 127. The second kappa shape index (κ2) is 7.81. The van der Waals surface area contributed by atoms with Crippen molar-refractivity contribution in [2.45, 2.75) is 26.7 Å². The third kappa shape index (κ3) is 4.30. The van der Waals surface area contributed by atoms with Crippen LogP contribution in [-0.4, -0.2) is 36.2 Å². The molecule has 1 rings (SSSR count). The molecule has 102 valence electrons. The molecule has 1 aliphatic heterocycles. The van der Waals surface area contributed by atoms with Crippen molar-refractivity contribution in [3.05, 3.63) is 23.2 Å². The maximum absolute atomic E-state index is 5.18. The quantitative estimate of drug-likeness (QED) is 0.245.